The van der Waals surface area contributed by atoms with E-state index in [9.17, 15) is 22.4 Å². The van der Waals surface area contributed by atoms with Crippen molar-refractivity contribution in [3.8, 4) is 5.75 Å². The van der Waals surface area contributed by atoms with Crippen LogP contribution in [0.25, 0.3) is 0 Å². The summed E-state index contributed by atoms with van der Waals surface area (Å²) in [5.74, 6) is -0.719. The standard InChI is InChI=1S/C32H29FN2O5S/c1-20-27(18-23-5-2-3-8-29(23)41(38,39)26-13-10-24(33)11-14-26)31-28(15-16-34-32(31)37)35(20)19-30(36)40-25-12-9-21-6-4-7-22(21)17-25/h2-3,5,8-14,17H,4,6-7,15-16,18-19H2,1H3,(H,34,37). The molecule has 3 aromatic carbocycles. The summed E-state index contributed by atoms with van der Waals surface area (Å²) in [7, 11) is -3.95. The maximum absolute atomic E-state index is 13.5. The molecule has 6 rings (SSSR count). The van der Waals surface area contributed by atoms with E-state index in [0.717, 1.165) is 37.1 Å². The Bertz CT molecular complexity index is 1790. The summed E-state index contributed by atoms with van der Waals surface area (Å²) in [5.41, 5.74) is 5.55. The summed E-state index contributed by atoms with van der Waals surface area (Å²) in [6.45, 7) is 2.19. The van der Waals surface area contributed by atoms with Gasteiger partial charge in [0.2, 0.25) is 9.84 Å². The molecule has 2 heterocycles. The smallest absolute Gasteiger partial charge is 0.331 e. The fourth-order valence-corrected chi connectivity index (χ4v) is 7.44. The van der Waals surface area contributed by atoms with Gasteiger partial charge in [0.1, 0.15) is 18.1 Å². The molecule has 0 fully saturated rings. The molecule has 0 bridgehead atoms. The van der Waals surface area contributed by atoms with E-state index in [2.05, 4.69) is 5.32 Å². The molecule has 210 valence electrons. The van der Waals surface area contributed by atoms with Crippen LogP contribution in [0, 0.1) is 12.7 Å². The van der Waals surface area contributed by atoms with E-state index in [1.54, 1.807) is 18.2 Å². The Morgan fingerprint density at radius 1 is 1.00 bits per heavy atom. The number of carbonyl (C=O) groups is 2. The zero-order valence-electron chi connectivity index (χ0n) is 22.6. The molecule has 2 aliphatic rings. The second-order valence-electron chi connectivity index (χ2n) is 10.5. The van der Waals surface area contributed by atoms with Gasteiger partial charge < -0.3 is 14.6 Å². The van der Waals surface area contributed by atoms with E-state index < -0.39 is 21.6 Å². The number of carbonyl (C=O) groups excluding carboxylic acids is 2. The highest BCUT2D eigenvalue weighted by atomic mass is 32.2. The van der Waals surface area contributed by atoms with Crippen LogP contribution in [0.2, 0.25) is 0 Å². The van der Waals surface area contributed by atoms with Gasteiger partial charge in [-0.1, -0.05) is 24.3 Å². The number of hydrogen-bond donors (Lipinski definition) is 1. The van der Waals surface area contributed by atoms with E-state index in [1.807, 2.05) is 29.7 Å². The Balaban J connectivity index is 1.34. The molecule has 0 saturated heterocycles. The Labute approximate surface area is 237 Å². The maximum atomic E-state index is 13.5. The quantitative estimate of drug-likeness (QED) is 0.196. The molecule has 0 unspecified atom stereocenters. The van der Waals surface area contributed by atoms with Crippen LogP contribution in [-0.2, 0) is 46.9 Å². The van der Waals surface area contributed by atoms with Crippen LogP contribution in [0.3, 0.4) is 0 Å². The van der Waals surface area contributed by atoms with Crippen LogP contribution in [0.15, 0.2) is 76.5 Å². The maximum Gasteiger partial charge on any atom is 0.331 e. The van der Waals surface area contributed by atoms with Gasteiger partial charge in [-0.3, -0.25) is 4.79 Å². The highest BCUT2D eigenvalue weighted by Gasteiger charge is 2.30. The second-order valence-corrected chi connectivity index (χ2v) is 12.4. The van der Waals surface area contributed by atoms with Crippen LogP contribution in [0.4, 0.5) is 4.39 Å². The lowest BCUT2D eigenvalue weighted by Crippen LogP contribution is -2.33. The summed E-state index contributed by atoms with van der Waals surface area (Å²) in [4.78, 5) is 26.2. The van der Waals surface area contributed by atoms with Crippen molar-refractivity contribution >= 4 is 21.7 Å². The number of rotatable bonds is 7. The lowest BCUT2D eigenvalue weighted by Gasteiger charge is -2.17. The average molecular weight is 573 g/mol. The number of fused-ring (bicyclic) bond motifs is 2. The van der Waals surface area contributed by atoms with Crippen molar-refractivity contribution in [2.24, 2.45) is 0 Å². The van der Waals surface area contributed by atoms with E-state index in [0.29, 0.717) is 41.1 Å². The molecule has 0 saturated carbocycles. The molecular formula is C32H29FN2O5S. The van der Waals surface area contributed by atoms with Gasteiger partial charge in [0.25, 0.3) is 5.91 Å². The first kappa shape index (κ1) is 27.0. The molecule has 9 heteroatoms. The van der Waals surface area contributed by atoms with Gasteiger partial charge in [0.15, 0.2) is 0 Å². The lowest BCUT2D eigenvalue weighted by molar-refractivity contribution is -0.135. The molecule has 1 N–H and O–H groups in total. The van der Waals surface area contributed by atoms with Crippen molar-refractivity contribution in [2.45, 2.75) is 55.4 Å². The molecule has 4 aromatic rings. The highest BCUT2D eigenvalue weighted by Crippen LogP contribution is 2.32. The summed E-state index contributed by atoms with van der Waals surface area (Å²) in [6.07, 6.45) is 3.80. The molecule has 0 spiro atoms. The number of esters is 1. The highest BCUT2D eigenvalue weighted by molar-refractivity contribution is 7.91. The molecule has 0 radical (unpaired) electrons. The van der Waals surface area contributed by atoms with Crippen LogP contribution in [0.1, 0.15) is 50.4 Å². The SMILES string of the molecule is Cc1c(Cc2ccccc2S(=O)(=O)c2ccc(F)cc2)c2c(n1CC(=O)Oc1ccc3c(c1)CCC3)CCNC2=O. The summed E-state index contributed by atoms with van der Waals surface area (Å²) in [5, 5.41) is 2.88. The third kappa shape index (κ3) is 5.06. The molecular weight excluding hydrogens is 543 g/mol. The van der Waals surface area contributed by atoms with Crippen LogP contribution in [-0.4, -0.2) is 31.4 Å². The van der Waals surface area contributed by atoms with E-state index in [-0.39, 0.29) is 28.7 Å². The lowest BCUT2D eigenvalue weighted by atomic mass is 9.97. The van der Waals surface area contributed by atoms with Gasteiger partial charge in [-0.15, -0.1) is 0 Å². The Morgan fingerprint density at radius 3 is 2.56 bits per heavy atom. The van der Waals surface area contributed by atoms with E-state index >= 15 is 0 Å². The molecule has 41 heavy (non-hydrogen) atoms. The molecule has 7 nitrogen and oxygen atoms in total. The van der Waals surface area contributed by atoms with Gasteiger partial charge in [0.05, 0.1) is 15.4 Å². The predicted molar refractivity (Wildman–Crippen MR) is 150 cm³/mol. The largest absolute Gasteiger partial charge is 0.425 e. The van der Waals surface area contributed by atoms with Crippen molar-refractivity contribution in [3.63, 3.8) is 0 Å². The Kier molecular flexibility index (Phi) is 6.99. The molecule has 1 aliphatic carbocycles. The molecule has 1 aliphatic heterocycles. The van der Waals surface area contributed by atoms with Gasteiger partial charge in [-0.2, -0.15) is 0 Å². The zero-order chi connectivity index (χ0) is 28.7. The first-order chi connectivity index (χ1) is 19.7. The van der Waals surface area contributed by atoms with Crippen molar-refractivity contribution in [1.29, 1.82) is 0 Å². The number of nitrogens with zero attached hydrogens (tertiary/aromatic N) is 1. The van der Waals surface area contributed by atoms with Gasteiger partial charge in [-0.25, -0.2) is 17.6 Å². The fraction of sp³-hybridized carbons (Fsp3) is 0.250. The molecule has 0 atom stereocenters. The third-order valence-corrected chi connectivity index (χ3v) is 9.84. The second kappa shape index (κ2) is 10.6. The van der Waals surface area contributed by atoms with Crippen molar-refractivity contribution < 1.29 is 27.1 Å². The van der Waals surface area contributed by atoms with Crippen LogP contribution in [0.5, 0.6) is 5.75 Å². The zero-order valence-corrected chi connectivity index (χ0v) is 23.4. The summed E-state index contributed by atoms with van der Waals surface area (Å²) < 4.78 is 48.0. The average Bonchev–Trinajstić information content (AvgIpc) is 3.52. The number of ether oxygens (including phenoxy) is 1. The first-order valence-corrected chi connectivity index (χ1v) is 15.1. The van der Waals surface area contributed by atoms with Crippen LogP contribution >= 0.6 is 0 Å². The number of hydrogen-bond acceptors (Lipinski definition) is 5. The minimum Gasteiger partial charge on any atom is -0.425 e. The minimum atomic E-state index is -3.95. The predicted octanol–water partition coefficient (Wildman–Crippen LogP) is 4.74. The number of benzene rings is 3. The Morgan fingerprint density at radius 2 is 1.76 bits per heavy atom. The van der Waals surface area contributed by atoms with Crippen LogP contribution < -0.4 is 10.1 Å². The number of amides is 1. The fourth-order valence-electron chi connectivity index (χ4n) is 5.94. The van der Waals surface area contributed by atoms with E-state index in [1.165, 1.54) is 29.3 Å². The number of sulfone groups is 1. The summed E-state index contributed by atoms with van der Waals surface area (Å²) in [6, 6.07) is 17.1. The van der Waals surface area contributed by atoms with Gasteiger partial charge in [-0.05, 0) is 90.9 Å². The molecule has 1 amide bonds. The van der Waals surface area contributed by atoms with E-state index in [4.69, 9.17) is 4.74 Å². The Hall–Kier alpha value is -4.24. The minimum absolute atomic E-state index is 0.0188. The number of aryl methyl sites for hydroxylation is 2. The van der Waals surface area contributed by atoms with Crippen molar-refractivity contribution in [3.05, 3.63) is 112 Å². The first-order valence-electron chi connectivity index (χ1n) is 13.6. The van der Waals surface area contributed by atoms with Gasteiger partial charge >= 0.3 is 5.97 Å². The normalized spacial score (nSPS) is 14.3. The number of halogens is 1. The number of nitrogens with one attached hydrogen (secondary N) is 1. The summed E-state index contributed by atoms with van der Waals surface area (Å²) >= 11 is 0. The third-order valence-electron chi connectivity index (χ3n) is 7.97. The van der Waals surface area contributed by atoms with Crippen molar-refractivity contribution in [1.82, 2.24) is 9.88 Å². The van der Waals surface area contributed by atoms with Gasteiger partial charge in [0, 0.05) is 30.8 Å². The topological polar surface area (TPSA) is 94.5 Å². The monoisotopic (exact) mass is 572 g/mol. The number of aromatic nitrogens is 1. The molecule has 1 aromatic heterocycles. The van der Waals surface area contributed by atoms with Crippen molar-refractivity contribution in [2.75, 3.05) is 6.54 Å².